The van der Waals surface area contributed by atoms with Crippen LogP contribution < -0.4 is 21.7 Å². The van der Waals surface area contributed by atoms with Crippen LogP contribution in [0.2, 0.25) is 0 Å². The van der Waals surface area contributed by atoms with Crippen molar-refractivity contribution in [3.8, 4) is 0 Å². The second-order valence-corrected chi connectivity index (χ2v) is 7.42. The van der Waals surface area contributed by atoms with Crippen LogP contribution in [-0.2, 0) is 25.6 Å². The highest BCUT2D eigenvalue weighted by molar-refractivity contribution is 5.94. The Hall–Kier alpha value is -3.03. The van der Waals surface area contributed by atoms with E-state index in [0.717, 1.165) is 0 Å². The molecule has 3 amide bonds. The lowest BCUT2D eigenvalue weighted by Gasteiger charge is -2.26. The molecule has 0 saturated carbocycles. The largest absolute Gasteiger partial charge is 0.480 e. The summed E-state index contributed by atoms with van der Waals surface area (Å²) in [6.07, 6.45) is 1.43. The molecular weight excluding hydrogens is 412 g/mol. The smallest absolute Gasteiger partial charge is 0.328 e. The number of aromatic amines is 1. The number of hydrogen-bond acceptors (Lipinski definition) is 8. The first kappa shape index (κ1) is 26.0. The Labute approximate surface area is 178 Å². The Kier molecular flexibility index (Phi) is 10.0. The number of hydrogen-bond donors (Lipinski definition) is 8. The van der Waals surface area contributed by atoms with E-state index in [-0.39, 0.29) is 12.3 Å². The van der Waals surface area contributed by atoms with E-state index >= 15 is 0 Å². The van der Waals surface area contributed by atoms with Gasteiger partial charge in [-0.15, -0.1) is 0 Å². The van der Waals surface area contributed by atoms with Crippen molar-refractivity contribution < 1.29 is 34.5 Å². The molecule has 0 aromatic carbocycles. The summed E-state index contributed by atoms with van der Waals surface area (Å²) in [5.74, 6) is -4.10. The predicted molar refractivity (Wildman–Crippen MR) is 107 cm³/mol. The molecule has 13 nitrogen and oxygen atoms in total. The monoisotopic (exact) mass is 442 g/mol. The standard InChI is InChI=1S/C18H30N6O7/c1-8(2)13(19)16(28)22-11(4-10-5-20-7-21-10)15(27)24-14(9(3)26)17(29)23-12(6-25)18(30)31/h5,7-9,11-14,25-26H,4,6,19H2,1-3H3,(H,20,21)(H,22,28)(H,23,29)(H,24,27)(H,30,31). The quantitative estimate of drug-likeness (QED) is 0.163. The van der Waals surface area contributed by atoms with Gasteiger partial charge in [0.15, 0.2) is 0 Å². The van der Waals surface area contributed by atoms with Crippen LogP contribution in [0, 0.1) is 5.92 Å². The molecule has 1 heterocycles. The molecule has 1 rings (SSSR count). The molecule has 1 aromatic heterocycles. The van der Waals surface area contributed by atoms with Crippen molar-refractivity contribution in [2.24, 2.45) is 11.7 Å². The maximum Gasteiger partial charge on any atom is 0.328 e. The van der Waals surface area contributed by atoms with Crippen LogP contribution in [0.15, 0.2) is 12.5 Å². The van der Waals surface area contributed by atoms with Gasteiger partial charge in [-0.1, -0.05) is 13.8 Å². The third-order valence-electron chi connectivity index (χ3n) is 4.49. The topological polar surface area (TPSA) is 220 Å². The van der Waals surface area contributed by atoms with Crippen molar-refractivity contribution in [1.29, 1.82) is 0 Å². The number of aliphatic hydroxyl groups is 2. The van der Waals surface area contributed by atoms with Gasteiger partial charge in [-0.3, -0.25) is 14.4 Å². The number of carbonyl (C=O) groups is 4. The molecule has 0 aliphatic carbocycles. The molecule has 1 aromatic rings. The molecule has 0 bridgehead atoms. The first-order valence-electron chi connectivity index (χ1n) is 9.63. The first-order chi connectivity index (χ1) is 14.5. The van der Waals surface area contributed by atoms with Gasteiger partial charge >= 0.3 is 5.97 Å². The van der Waals surface area contributed by atoms with Gasteiger partial charge in [0, 0.05) is 18.3 Å². The Morgan fingerprint density at radius 3 is 2.13 bits per heavy atom. The van der Waals surface area contributed by atoms with Crippen molar-refractivity contribution in [3.63, 3.8) is 0 Å². The number of rotatable bonds is 12. The molecule has 9 N–H and O–H groups in total. The molecule has 0 radical (unpaired) electrons. The fourth-order valence-electron chi connectivity index (χ4n) is 2.50. The minimum atomic E-state index is -1.62. The zero-order valence-electron chi connectivity index (χ0n) is 17.5. The second-order valence-electron chi connectivity index (χ2n) is 7.42. The third kappa shape index (κ3) is 7.96. The van der Waals surface area contributed by atoms with E-state index in [1.165, 1.54) is 19.4 Å². The molecule has 174 valence electrons. The van der Waals surface area contributed by atoms with Crippen LogP contribution in [0.25, 0.3) is 0 Å². The van der Waals surface area contributed by atoms with Gasteiger partial charge in [0.1, 0.15) is 18.1 Å². The second kappa shape index (κ2) is 12.0. The Morgan fingerprint density at radius 1 is 1.06 bits per heavy atom. The number of H-pyrrole nitrogens is 1. The molecule has 0 spiro atoms. The highest BCUT2D eigenvalue weighted by atomic mass is 16.4. The lowest BCUT2D eigenvalue weighted by molar-refractivity contribution is -0.144. The van der Waals surface area contributed by atoms with Crippen molar-refractivity contribution in [2.45, 2.75) is 57.5 Å². The molecule has 5 atom stereocenters. The lowest BCUT2D eigenvalue weighted by atomic mass is 10.0. The number of nitrogens with two attached hydrogens (primary N) is 1. The van der Waals surface area contributed by atoms with Gasteiger partial charge < -0.3 is 42.0 Å². The van der Waals surface area contributed by atoms with Gasteiger partial charge in [-0.05, 0) is 12.8 Å². The normalized spacial score (nSPS) is 16.0. The van der Waals surface area contributed by atoms with E-state index < -0.39 is 60.6 Å². The highest BCUT2D eigenvalue weighted by Gasteiger charge is 2.33. The zero-order valence-corrected chi connectivity index (χ0v) is 17.5. The summed E-state index contributed by atoms with van der Waals surface area (Å²) in [4.78, 5) is 55.3. The van der Waals surface area contributed by atoms with Crippen molar-refractivity contribution in [1.82, 2.24) is 25.9 Å². The van der Waals surface area contributed by atoms with Crippen molar-refractivity contribution in [3.05, 3.63) is 18.2 Å². The maximum absolute atomic E-state index is 12.8. The van der Waals surface area contributed by atoms with Crippen molar-refractivity contribution in [2.75, 3.05) is 6.61 Å². The molecule has 0 fully saturated rings. The summed E-state index contributed by atoms with van der Waals surface area (Å²) in [7, 11) is 0. The SMILES string of the molecule is CC(C)C(N)C(=O)NC(Cc1cnc[nH]1)C(=O)NC(C(=O)NC(CO)C(=O)O)C(C)O. The van der Waals surface area contributed by atoms with Gasteiger partial charge in [0.2, 0.25) is 17.7 Å². The number of carbonyl (C=O) groups excluding carboxylic acids is 3. The molecule has 0 saturated heterocycles. The molecule has 31 heavy (non-hydrogen) atoms. The first-order valence-corrected chi connectivity index (χ1v) is 9.63. The average molecular weight is 442 g/mol. The van der Waals surface area contributed by atoms with E-state index in [0.29, 0.717) is 5.69 Å². The minimum absolute atomic E-state index is 0.00900. The van der Waals surface area contributed by atoms with Crippen LogP contribution in [0.5, 0.6) is 0 Å². The summed E-state index contributed by atoms with van der Waals surface area (Å²) in [5, 5.41) is 34.8. The van der Waals surface area contributed by atoms with E-state index in [1.54, 1.807) is 13.8 Å². The van der Waals surface area contributed by atoms with Crippen LogP contribution in [-0.4, -0.2) is 85.9 Å². The van der Waals surface area contributed by atoms with E-state index in [9.17, 15) is 24.3 Å². The molecule has 13 heteroatoms. The van der Waals surface area contributed by atoms with E-state index in [2.05, 4.69) is 20.6 Å². The van der Waals surface area contributed by atoms with Gasteiger partial charge in [-0.25, -0.2) is 9.78 Å². The van der Waals surface area contributed by atoms with Crippen LogP contribution >= 0.6 is 0 Å². The average Bonchev–Trinajstić information content (AvgIpc) is 3.20. The molecule has 0 aliphatic heterocycles. The summed E-state index contributed by atoms with van der Waals surface area (Å²) in [5.41, 5.74) is 6.35. The van der Waals surface area contributed by atoms with Gasteiger partial charge in [0.25, 0.3) is 0 Å². The molecule has 0 aliphatic rings. The number of nitrogens with zero attached hydrogens (tertiary/aromatic N) is 1. The number of amides is 3. The van der Waals surface area contributed by atoms with Crippen LogP contribution in [0.3, 0.4) is 0 Å². The Balaban J connectivity index is 3.00. The summed E-state index contributed by atoms with van der Waals surface area (Å²) >= 11 is 0. The third-order valence-corrected chi connectivity index (χ3v) is 4.49. The fraction of sp³-hybridized carbons (Fsp3) is 0.611. The number of carboxylic acids is 1. The van der Waals surface area contributed by atoms with E-state index in [4.69, 9.17) is 15.9 Å². The number of aliphatic carboxylic acids is 1. The minimum Gasteiger partial charge on any atom is -0.480 e. The number of aromatic nitrogens is 2. The predicted octanol–water partition coefficient (Wildman–Crippen LogP) is -3.15. The highest BCUT2D eigenvalue weighted by Crippen LogP contribution is 2.04. The number of carboxylic acid groups (broad SMARTS) is 1. The summed E-state index contributed by atoms with van der Waals surface area (Å²) in [6.45, 7) is 3.81. The van der Waals surface area contributed by atoms with E-state index in [1.807, 2.05) is 5.32 Å². The molecule has 5 unspecified atom stereocenters. The summed E-state index contributed by atoms with van der Waals surface area (Å²) in [6, 6.07) is -5.20. The Morgan fingerprint density at radius 2 is 1.68 bits per heavy atom. The maximum atomic E-state index is 12.8. The zero-order chi connectivity index (χ0) is 23.7. The van der Waals surface area contributed by atoms with Crippen LogP contribution in [0.4, 0.5) is 0 Å². The molecular formula is C18H30N6O7. The number of imidazole rings is 1. The summed E-state index contributed by atoms with van der Waals surface area (Å²) < 4.78 is 0. The van der Waals surface area contributed by atoms with Crippen LogP contribution in [0.1, 0.15) is 26.5 Å². The van der Waals surface area contributed by atoms with Gasteiger partial charge in [0.05, 0.1) is 25.1 Å². The lowest BCUT2D eigenvalue weighted by Crippen LogP contribution is -2.60. The van der Waals surface area contributed by atoms with Crippen molar-refractivity contribution >= 4 is 23.7 Å². The number of nitrogens with one attached hydrogen (secondary N) is 4. The Bertz CT molecular complexity index is 753. The fourth-order valence-corrected chi connectivity index (χ4v) is 2.50. The van der Waals surface area contributed by atoms with Gasteiger partial charge in [-0.2, -0.15) is 0 Å². The number of aliphatic hydroxyl groups excluding tert-OH is 2.